The van der Waals surface area contributed by atoms with E-state index in [-0.39, 0.29) is 18.4 Å². The van der Waals surface area contributed by atoms with Gasteiger partial charge in [0.1, 0.15) is 11.8 Å². The number of hydrogen-bond acceptors (Lipinski definition) is 7. The monoisotopic (exact) mass is 351 g/mol. The van der Waals surface area contributed by atoms with Gasteiger partial charge in [0.05, 0.1) is 6.61 Å². The largest absolute Gasteiger partial charge is 0.461 e. The molecule has 0 spiro atoms. The van der Waals surface area contributed by atoms with Gasteiger partial charge in [0.25, 0.3) is 0 Å². The molecule has 132 valence electrons. The number of nitrogen functional groups attached to an aromatic ring is 1. The zero-order valence-corrected chi connectivity index (χ0v) is 14.9. The molecule has 2 aliphatic rings. The Morgan fingerprint density at radius 1 is 1.33 bits per heavy atom. The highest BCUT2D eigenvalue weighted by Crippen LogP contribution is 2.41. The topological polar surface area (TPSA) is 86.8 Å². The van der Waals surface area contributed by atoms with Crippen LogP contribution < -0.4 is 5.73 Å². The Bertz CT molecular complexity index is 602. The van der Waals surface area contributed by atoms with E-state index in [1.165, 1.54) is 43.4 Å². The number of anilines is 1. The molecule has 6 nitrogen and oxygen atoms in total. The van der Waals surface area contributed by atoms with Gasteiger partial charge in [0, 0.05) is 5.38 Å². The first kappa shape index (κ1) is 17.2. The van der Waals surface area contributed by atoms with Gasteiger partial charge >= 0.3 is 5.97 Å². The molecule has 0 aliphatic heterocycles. The van der Waals surface area contributed by atoms with E-state index in [1.54, 1.807) is 12.3 Å². The first-order valence-electron chi connectivity index (χ1n) is 8.79. The number of carbonyl (C=O) groups excluding carboxylic acids is 1. The average Bonchev–Trinajstić information content (AvgIpc) is 3.01. The highest BCUT2D eigenvalue weighted by molar-refractivity contribution is 7.13. The van der Waals surface area contributed by atoms with Gasteiger partial charge in [-0.05, 0) is 38.0 Å². The third-order valence-electron chi connectivity index (χ3n) is 5.02. The van der Waals surface area contributed by atoms with Gasteiger partial charge in [0.15, 0.2) is 5.13 Å². The van der Waals surface area contributed by atoms with Crippen LogP contribution >= 0.6 is 11.3 Å². The molecule has 1 heterocycles. The third kappa shape index (κ3) is 4.06. The molecule has 2 fully saturated rings. The van der Waals surface area contributed by atoms with Crippen molar-refractivity contribution in [2.75, 3.05) is 12.3 Å². The van der Waals surface area contributed by atoms with E-state index in [0.717, 1.165) is 24.7 Å². The van der Waals surface area contributed by atoms with Crippen molar-refractivity contribution in [2.24, 2.45) is 17.0 Å². The Morgan fingerprint density at radius 2 is 2.12 bits per heavy atom. The number of esters is 1. The molecule has 1 aromatic heterocycles. The van der Waals surface area contributed by atoms with E-state index in [9.17, 15) is 4.79 Å². The molecule has 3 unspecified atom stereocenters. The minimum absolute atomic E-state index is 0.0739. The van der Waals surface area contributed by atoms with Crippen LogP contribution in [0.15, 0.2) is 10.5 Å². The summed E-state index contributed by atoms with van der Waals surface area (Å²) >= 11 is 1.27. The predicted molar refractivity (Wildman–Crippen MR) is 93.9 cm³/mol. The van der Waals surface area contributed by atoms with E-state index < -0.39 is 5.97 Å². The van der Waals surface area contributed by atoms with Crippen LogP contribution in [0.25, 0.3) is 0 Å². The summed E-state index contributed by atoms with van der Waals surface area (Å²) in [5.74, 6) is 1.08. The molecule has 3 rings (SSSR count). The molecular weight excluding hydrogens is 326 g/mol. The number of rotatable bonds is 5. The lowest BCUT2D eigenvalue weighted by molar-refractivity contribution is -0.135. The fourth-order valence-corrected chi connectivity index (χ4v) is 4.39. The maximum Gasteiger partial charge on any atom is 0.362 e. The van der Waals surface area contributed by atoms with E-state index in [2.05, 4.69) is 10.1 Å². The lowest BCUT2D eigenvalue weighted by atomic mass is 9.70. The second-order valence-electron chi connectivity index (χ2n) is 6.58. The normalized spacial score (nSPS) is 27.4. The summed E-state index contributed by atoms with van der Waals surface area (Å²) in [6.07, 6.45) is 8.64. The summed E-state index contributed by atoms with van der Waals surface area (Å²) < 4.78 is 5.07. The lowest BCUT2D eigenvalue weighted by Crippen LogP contribution is -2.31. The standard InChI is InChI=1S/C17H25N3O3S/c1-2-22-16(21)15(14-10-24-17(18)19-14)20-23-13-8-7-11-5-3-4-6-12(11)9-13/h10-13H,2-9H2,1H3,(H2,18,19)/b20-15-. The summed E-state index contributed by atoms with van der Waals surface area (Å²) in [6.45, 7) is 2.04. The van der Waals surface area contributed by atoms with Crippen molar-refractivity contribution in [3.8, 4) is 0 Å². The number of hydrogen-bond donors (Lipinski definition) is 1. The van der Waals surface area contributed by atoms with Crippen LogP contribution in [0.1, 0.15) is 57.6 Å². The zero-order chi connectivity index (χ0) is 16.9. The third-order valence-corrected chi connectivity index (χ3v) is 5.69. The van der Waals surface area contributed by atoms with Gasteiger partial charge in [-0.15, -0.1) is 11.3 Å². The Balaban J connectivity index is 1.67. The van der Waals surface area contributed by atoms with Crippen LogP contribution in [0.5, 0.6) is 0 Å². The maximum atomic E-state index is 12.1. The number of aromatic nitrogens is 1. The molecule has 0 radical (unpaired) electrons. The predicted octanol–water partition coefficient (Wildman–Crippen LogP) is 3.37. The summed E-state index contributed by atoms with van der Waals surface area (Å²) in [7, 11) is 0. The average molecular weight is 351 g/mol. The van der Waals surface area contributed by atoms with Gasteiger partial charge < -0.3 is 15.3 Å². The molecule has 2 N–H and O–H groups in total. The Hall–Kier alpha value is -1.63. The van der Waals surface area contributed by atoms with Crippen LogP contribution in [0, 0.1) is 11.8 Å². The highest BCUT2D eigenvalue weighted by Gasteiger charge is 2.33. The Morgan fingerprint density at radius 3 is 2.83 bits per heavy atom. The molecule has 24 heavy (non-hydrogen) atoms. The molecule has 0 amide bonds. The van der Waals surface area contributed by atoms with E-state index >= 15 is 0 Å². The van der Waals surface area contributed by atoms with Gasteiger partial charge in [-0.25, -0.2) is 9.78 Å². The fourth-order valence-electron chi connectivity index (χ4n) is 3.84. The minimum atomic E-state index is -0.519. The molecule has 3 atom stereocenters. The van der Waals surface area contributed by atoms with Crippen LogP contribution in [0.2, 0.25) is 0 Å². The number of thiazole rings is 1. The van der Waals surface area contributed by atoms with Crippen molar-refractivity contribution in [2.45, 2.75) is 58.0 Å². The maximum absolute atomic E-state index is 12.1. The minimum Gasteiger partial charge on any atom is -0.461 e. The van der Waals surface area contributed by atoms with Crippen molar-refractivity contribution in [3.05, 3.63) is 11.1 Å². The lowest BCUT2D eigenvalue weighted by Gasteiger charge is -2.38. The number of ether oxygens (including phenoxy) is 1. The highest BCUT2D eigenvalue weighted by atomic mass is 32.1. The summed E-state index contributed by atoms with van der Waals surface area (Å²) in [5, 5.41) is 6.21. The van der Waals surface area contributed by atoms with Crippen LogP contribution in [-0.4, -0.2) is 29.4 Å². The Labute approximate surface area is 146 Å². The quantitative estimate of drug-likeness (QED) is 0.499. The van der Waals surface area contributed by atoms with E-state index in [1.807, 2.05) is 0 Å². The van der Waals surface area contributed by atoms with Crippen molar-refractivity contribution >= 4 is 28.1 Å². The number of oxime groups is 1. The van der Waals surface area contributed by atoms with Gasteiger partial charge in [0.2, 0.25) is 5.71 Å². The number of fused-ring (bicyclic) bond motifs is 1. The molecule has 0 bridgehead atoms. The number of nitrogens with zero attached hydrogens (tertiary/aromatic N) is 2. The second-order valence-corrected chi connectivity index (χ2v) is 7.47. The zero-order valence-electron chi connectivity index (χ0n) is 14.1. The van der Waals surface area contributed by atoms with Crippen molar-refractivity contribution in [3.63, 3.8) is 0 Å². The smallest absolute Gasteiger partial charge is 0.362 e. The molecule has 0 aromatic carbocycles. The van der Waals surface area contributed by atoms with E-state index in [0.29, 0.717) is 10.8 Å². The molecule has 2 saturated carbocycles. The van der Waals surface area contributed by atoms with Crippen LogP contribution in [0.4, 0.5) is 5.13 Å². The fraction of sp³-hybridized carbons (Fsp3) is 0.706. The van der Waals surface area contributed by atoms with Crippen molar-refractivity contribution in [1.29, 1.82) is 0 Å². The second kappa shape index (κ2) is 7.96. The number of nitrogens with two attached hydrogens (primary N) is 1. The molecule has 0 saturated heterocycles. The van der Waals surface area contributed by atoms with Gasteiger partial charge in [-0.1, -0.05) is 30.8 Å². The van der Waals surface area contributed by atoms with Crippen molar-refractivity contribution in [1.82, 2.24) is 4.98 Å². The molecule has 7 heteroatoms. The SMILES string of the molecule is CCOC(=O)/C(=N\OC1CCC2CCCCC2C1)c1csc(N)n1. The summed E-state index contributed by atoms with van der Waals surface area (Å²) in [4.78, 5) is 22.0. The van der Waals surface area contributed by atoms with E-state index in [4.69, 9.17) is 15.3 Å². The molecule has 1 aromatic rings. The number of carbonyl (C=O) groups is 1. The van der Waals surface area contributed by atoms with Crippen LogP contribution in [0.3, 0.4) is 0 Å². The molecule has 2 aliphatic carbocycles. The van der Waals surface area contributed by atoms with Gasteiger partial charge in [-0.2, -0.15) is 0 Å². The summed E-state index contributed by atoms with van der Waals surface area (Å²) in [5.41, 5.74) is 6.19. The first-order valence-corrected chi connectivity index (χ1v) is 9.67. The summed E-state index contributed by atoms with van der Waals surface area (Å²) in [6, 6.07) is 0. The van der Waals surface area contributed by atoms with Gasteiger partial charge in [-0.3, -0.25) is 0 Å². The Kier molecular flexibility index (Phi) is 5.71. The molecular formula is C17H25N3O3S. The van der Waals surface area contributed by atoms with Crippen LogP contribution in [-0.2, 0) is 14.4 Å². The first-order chi connectivity index (χ1) is 11.7. The van der Waals surface area contributed by atoms with Crippen molar-refractivity contribution < 1.29 is 14.4 Å².